The first-order chi connectivity index (χ1) is 13.7. The second-order valence-electron chi connectivity index (χ2n) is 6.32. The third kappa shape index (κ3) is 3.72. The van der Waals surface area contributed by atoms with E-state index in [0.717, 1.165) is 38.6 Å². The Balaban J connectivity index is 1.72. The largest absolute Gasteiger partial charge is 0.457 e. The molecule has 0 atom stereocenters. The molecule has 0 bridgehead atoms. The van der Waals surface area contributed by atoms with Crippen molar-refractivity contribution in [2.45, 2.75) is 0 Å². The number of benzene rings is 2. The van der Waals surface area contributed by atoms with Gasteiger partial charge in [0.2, 0.25) is 5.95 Å². The molecule has 6 nitrogen and oxygen atoms in total. The molecule has 0 aliphatic carbocycles. The van der Waals surface area contributed by atoms with Crippen LogP contribution in [0.25, 0.3) is 11.0 Å². The summed E-state index contributed by atoms with van der Waals surface area (Å²) in [5.74, 6) is 2.31. The molecule has 0 fully saturated rings. The summed E-state index contributed by atoms with van der Waals surface area (Å²) >= 11 is 3.49. The number of nitrogens with zero attached hydrogens (tertiary/aromatic N) is 4. The molecule has 142 valence electrons. The molecule has 0 saturated carbocycles. The summed E-state index contributed by atoms with van der Waals surface area (Å²) < 4.78 is 9.02. The SMILES string of the molecule is Cn1c(N(CCN)c2ccc(Br)cc2)nc2cc(Oc3ccncc3)ccc21. The number of anilines is 2. The highest BCUT2D eigenvalue weighted by Crippen LogP contribution is 2.31. The van der Waals surface area contributed by atoms with Crippen molar-refractivity contribution in [3.05, 3.63) is 71.5 Å². The van der Waals surface area contributed by atoms with Crippen molar-refractivity contribution in [2.24, 2.45) is 12.8 Å². The number of halogens is 1. The maximum Gasteiger partial charge on any atom is 0.210 e. The summed E-state index contributed by atoms with van der Waals surface area (Å²) in [5, 5.41) is 0. The molecule has 28 heavy (non-hydrogen) atoms. The summed E-state index contributed by atoms with van der Waals surface area (Å²) in [4.78, 5) is 11.0. The van der Waals surface area contributed by atoms with Crippen LogP contribution >= 0.6 is 15.9 Å². The second kappa shape index (κ2) is 8.00. The average Bonchev–Trinajstić information content (AvgIpc) is 3.03. The molecule has 2 aromatic heterocycles. The first kappa shape index (κ1) is 18.5. The molecule has 0 aliphatic rings. The summed E-state index contributed by atoms with van der Waals surface area (Å²) in [6, 6.07) is 17.7. The molecule has 0 amide bonds. The van der Waals surface area contributed by atoms with Gasteiger partial charge in [-0.3, -0.25) is 4.98 Å². The van der Waals surface area contributed by atoms with E-state index in [1.54, 1.807) is 12.4 Å². The Bertz CT molecular complexity index is 1080. The van der Waals surface area contributed by atoms with Gasteiger partial charge in [0.1, 0.15) is 11.5 Å². The van der Waals surface area contributed by atoms with E-state index in [4.69, 9.17) is 15.5 Å². The van der Waals surface area contributed by atoms with Crippen LogP contribution in [0, 0.1) is 0 Å². The molecule has 0 saturated heterocycles. The lowest BCUT2D eigenvalue weighted by atomic mass is 10.3. The lowest BCUT2D eigenvalue weighted by molar-refractivity contribution is 0.482. The number of hydrogen-bond donors (Lipinski definition) is 1. The third-order valence-corrected chi connectivity index (χ3v) is 4.98. The van der Waals surface area contributed by atoms with Crippen LogP contribution in [0.1, 0.15) is 0 Å². The number of aromatic nitrogens is 3. The van der Waals surface area contributed by atoms with Gasteiger partial charge in [-0.15, -0.1) is 0 Å². The second-order valence-corrected chi connectivity index (χ2v) is 7.24. The molecule has 0 spiro atoms. The summed E-state index contributed by atoms with van der Waals surface area (Å²) in [7, 11) is 2.01. The van der Waals surface area contributed by atoms with Crippen molar-refractivity contribution in [1.82, 2.24) is 14.5 Å². The van der Waals surface area contributed by atoms with Crippen LogP contribution in [-0.2, 0) is 7.05 Å². The fraction of sp³-hybridized carbons (Fsp3) is 0.143. The fourth-order valence-electron chi connectivity index (χ4n) is 3.11. The van der Waals surface area contributed by atoms with Crippen LogP contribution in [0.4, 0.5) is 11.6 Å². The highest BCUT2D eigenvalue weighted by molar-refractivity contribution is 9.10. The van der Waals surface area contributed by atoms with Crippen molar-refractivity contribution in [3.8, 4) is 11.5 Å². The van der Waals surface area contributed by atoms with Crippen molar-refractivity contribution in [1.29, 1.82) is 0 Å². The minimum absolute atomic E-state index is 0.523. The maximum absolute atomic E-state index is 5.91. The van der Waals surface area contributed by atoms with Gasteiger partial charge in [0.25, 0.3) is 0 Å². The highest BCUT2D eigenvalue weighted by atomic mass is 79.9. The average molecular weight is 438 g/mol. The van der Waals surface area contributed by atoms with Gasteiger partial charge in [-0.25, -0.2) is 4.98 Å². The van der Waals surface area contributed by atoms with Crippen molar-refractivity contribution in [3.63, 3.8) is 0 Å². The molecule has 2 N–H and O–H groups in total. The first-order valence-corrected chi connectivity index (χ1v) is 9.72. The number of pyridine rings is 1. The Morgan fingerprint density at radius 3 is 2.50 bits per heavy atom. The van der Waals surface area contributed by atoms with Crippen LogP contribution in [0.5, 0.6) is 11.5 Å². The Morgan fingerprint density at radius 1 is 1.04 bits per heavy atom. The van der Waals surface area contributed by atoms with Gasteiger partial charge in [-0.1, -0.05) is 15.9 Å². The van der Waals surface area contributed by atoms with Gasteiger partial charge in [0.05, 0.1) is 11.0 Å². The van der Waals surface area contributed by atoms with Crippen LogP contribution in [0.15, 0.2) is 71.5 Å². The van der Waals surface area contributed by atoms with Gasteiger partial charge in [0, 0.05) is 48.8 Å². The monoisotopic (exact) mass is 437 g/mol. The molecule has 4 rings (SSSR count). The quantitative estimate of drug-likeness (QED) is 0.476. The van der Waals surface area contributed by atoms with Crippen LogP contribution in [-0.4, -0.2) is 27.6 Å². The van der Waals surface area contributed by atoms with Gasteiger partial charge in [0.15, 0.2) is 0 Å². The maximum atomic E-state index is 5.91. The van der Waals surface area contributed by atoms with Gasteiger partial charge in [-0.2, -0.15) is 0 Å². The predicted octanol–water partition coefficient (Wildman–Crippen LogP) is 4.62. The topological polar surface area (TPSA) is 69.2 Å². The Kier molecular flexibility index (Phi) is 5.27. The fourth-order valence-corrected chi connectivity index (χ4v) is 3.37. The van der Waals surface area contributed by atoms with E-state index >= 15 is 0 Å². The lowest BCUT2D eigenvalue weighted by Crippen LogP contribution is -2.27. The van der Waals surface area contributed by atoms with E-state index in [2.05, 4.69) is 42.5 Å². The minimum atomic E-state index is 0.523. The molecule has 4 aromatic rings. The van der Waals surface area contributed by atoms with Crippen molar-refractivity contribution >= 4 is 38.6 Å². The highest BCUT2D eigenvalue weighted by Gasteiger charge is 2.17. The van der Waals surface area contributed by atoms with Crippen molar-refractivity contribution < 1.29 is 4.74 Å². The number of imidazole rings is 1. The van der Waals surface area contributed by atoms with Crippen LogP contribution in [0.3, 0.4) is 0 Å². The molecular weight excluding hydrogens is 418 g/mol. The molecule has 2 heterocycles. The van der Waals surface area contributed by atoms with E-state index in [0.29, 0.717) is 13.1 Å². The standard InChI is InChI=1S/C21H20BrN5O/c1-26-20-7-6-18(28-17-8-11-24-12-9-17)14-19(20)25-21(26)27(13-10-23)16-4-2-15(22)3-5-16/h2-9,11-12,14H,10,13,23H2,1H3. The number of aryl methyl sites for hydroxylation is 1. The predicted molar refractivity (Wildman–Crippen MR) is 115 cm³/mol. The van der Waals surface area contributed by atoms with E-state index in [-0.39, 0.29) is 0 Å². The molecule has 0 aliphatic heterocycles. The van der Waals surface area contributed by atoms with E-state index in [9.17, 15) is 0 Å². The van der Waals surface area contributed by atoms with E-state index < -0.39 is 0 Å². The molecule has 2 aromatic carbocycles. The number of nitrogens with two attached hydrogens (primary N) is 1. The summed E-state index contributed by atoms with van der Waals surface area (Å²) in [6.45, 7) is 1.19. The zero-order valence-corrected chi connectivity index (χ0v) is 17.0. The van der Waals surface area contributed by atoms with Gasteiger partial charge in [-0.05, 0) is 48.5 Å². The zero-order valence-electron chi connectivity index (χ0n) is 15.4. The first-order valence-electron chi connectivity index (χ1n) is 8.93. The van der Waals surface area contributed by atoms with Crippen molar-refractivity contribution in [2.75, 3.05) is 18.0 Å². The van der Waals surface area contributed by atoms with Crippen LogP contribution in [0.2, 0.25) is 0 Å². The number of ether oxygens (including phenoxy) is 1. The van der Waals surface area contributed by atoms with E-state index in [1.807, 2.05) is 49.5 Å². The molecule has 0 unspecified atom stereocenters. The summed E-state index contributed by atoms with van der Waals surface area (Å²) in [5.41, 5.74) is 8.81. The number of rotatable bonds is 6. The Labute approximate surface area is 171 Å². The van der Waals surface area contributed by atoms with E-state index in [1.165, 1.54) is 0 Å². The smallest absolute Gasteiger partial charge is 0.210 e. The number of fused-ring (bicyclic) bond motifs is 1. The molecule has 0 radical (unpaired) electrons. The third-order valence-electron chi connectivity index (χ3n) is 4.45. The molecule has 7 heteroatoms. The summed E-state index contributed by atoms with van der Waals surface area (Å²) in [6.07, 6.45) is 3.41. The molecular formula is C21H20BrN5O. The normalized spacial score (nSPS) is 11.0. The minimum Gasteiger partial charge on any atom is -0.457 e. The number of hydrogen-bond acceptors (Lipinski definition) is 5. The van der Waals surface area contributed by atoms with Gasteiger partial charge < -0.3 is 19.9 Å². The van der Waals surface area contributed by atoms with Gasteiger partial charge >= 0.3 is 0 Å². The van der Waals surface area contributed by atoms with Crippen LogP contribution < -0.4 is 15.4 Å². The Hall–Kier alpha value is -2.90. The lowest BCUT2D eigenvalue weighted by Gasteiger charge is -2.23. The zero-order chi connectivity index (χ0) is 19.5. The Morgan fingerprint density at radius 2 is 1.79 bits per heavy atom.